The third kappa shape index (κ3) is 2.21. The second kappa shape index (κ2) is 4.84. The molecule has 88 valence electrons. The summed E-state index contributed by atoms with van der Waals surface area (Å²) in [6.45, 7) is 8.50. The quantitative estimate of drug-likeness (QED) is 0.769. The van der Waals surface area contributed by atoms with Crippen LogP contribution in [0.4, 0.5) is 0 Å². The van der Waals surface area contributed by atoms with E-state index in [4.69, 9.17) is 0 Å². The summed E-state index contributed by atoms with van der Waals surface area (Å²) in [5.74, 6) is 0. The fourth-order valence-electron chi connectivity index (χ4n) is 3.18. The van der Waals surface area contributed by atoms with Crippen molar-refractivity contribution in [1.29, 1.82) is 0 Å². The molecule has 0 amide bonds. The zero-order valence-electron chi connectivity index (χ0n) is 10.4. The van der Waals surface area contributed by atoms with Crippen molar-refractivity contribution < 1.29 is 0 Å². The molecule has 0 radical (unpaired) electrons. The average Bonchev–Trinajstić information content (AvgIpc) is 2.43. The van der Waals surface area contributed by atoms with Gasteiger partial charge in [-0.15, -0.1) is 0 Å². The van der Waals surface area contributed by atoms with Crippen molar-refractivity contribution in [1.82, 2.24) is 10.2 Å². The molecule has 15 heavy (non-hydrogen) atoms. The van der Waals surface area contributed by atoms with E-state index >= 15 is 0 Å². The van der Waals surface area contributed by atoms with Gasteiger partial charge in [0.05, 0.1) is 0 Å². The molecule has 1 atom stereocenters. The third-order valence-electron chi connectivity index (χ3n) is 4.58. The van der Waals surface area contributed by atoms with Crippen LogP contribution in [0.1, 0.15) is 52.4 Å². The molecule has 2 heteroatoms. The van der Waals surface area contributed by atoms with Crippen LogP contribution in [-0.4, -0.2) is 36.1 Å². The first-order valence-electron chi connectivity index (χ1n) is 6.79. The number of rotatable bonds is 3. The Labute approximate surface area is 94.4 Å². The minimum atomic E-state index is 0.597. The maximum atomic E-state index is 3.66. The van der Waals surface area contributed by atoms with Crippen LogP contribution in [0, 0.1) is 0 Å². The molecule has 1 N–H and O–H groups in total. The van der Waals surface area contributed by atoms with Crippen molar-refractivity contribution in [2.45, 2.75) is 64.0 Å². The molecule has 2 fully saturated rings. The van der Waals surface area contributed by atoms with Crippen LogP contribution in [0.3, 0.4) is 0 Å². The van der Waals surface area contributed by atoms with E-state index in [-0.39, 0.29) is 0 Å². The summed E-state index contributed by atoms with van der Waals surface area (Å²) in [5, 5.41) is 3.66. The van der Waals surface area contributed by atoms with Crippen molar-refractivity contribution in [3.8, 4) is 0 Å². The van der Waals surface area contributed by atoms with E-state index in [0.29, 0.717) is 5.54 Å². The monoisotopic (exact) mass is 210 g/mol. The van der Waals surface area contributed by atoms with E-state index in [0.717, 1.165) is 6.04 Å². The fraction of sp³-hybridized carbons (Fsp3) is 1.00. The third-order valence-corrected chi connectivity index (χ3v) is 4.58. The van der Waals surface area contributed by atoms with Crippen LogP contribution >= 0.6 is 0 Å². The van der Waals surface area contributed by atoms with Gasteiger partial charge in [-0.3, -0.25) is 4.90 Å². The highest BCUT2D eigenvalue weighted by Crippen LogP contribution is 2.40. The molecule has 1 saturated carbocycles. The average molecular weight is 210 g/mol. The van der Waals surface area contributed by atoms with Crippen molar-refractivity contribution in [2.75, 3.05) is 19.6 Å². The molecule has 1 saturated heterocycles. The molecular formula is C13H26N2. The van der Waals surface area contributed by atoms with E-state index < -0.39 is 0 Å². The van der Waals surface area contributed by atoms with Gasteiger partial charge < -0.3 is 5.32 Å². The van der Waals surface area contributed by atoms with E-state index in [9.17, 15) is 0 Å². The van der Waals surface area contributed by atoms with Gasteiger partial charge in [0.2, 0.25) is 0 Å². The molecule has 2 rings (SSSR count). The Morgan fingerprint density at radius 3 is 2.60 bits per heavy atom. The van der Waals surface area contributed by atoms with Gasteiger partial charge in [0.15, 0.2) is 0 Å². The molecule has 0 aromatic carbocycles. The van der Waals surface area contributed by atoms with Crippen molar-refractivity contribution in [3.63, 3.8) is 0 Å². The van der Waals surface area contributed by atoms with Crippen LogP contribution in [-0.2, 0) is 0 Å². The first kappa shape index (κ1) is 11.4. The van der Waals surface area contributed by atoms with Crippen LogP contribution in [0.25, 0.3) is 0 Å². The van der Waals surface area contributed by atoms with E-state index in [1.54, 1.807) is 0 Å². The van der Waals surface area contributed by atoms with Gasteiger partial charge >= 0.3 is 0 Å². The van der Waals surface area contributed by atoms with Crippen molar-refractivity contribution in [3.05, 3.63) is 0 Å². The number of hydrogen-bond acceptors (Lipinski definition) is 2. The molecule has 0 spiro atoms. The summed E-state index contributed by atoms with van der Waals surface area (Å²) in [4.78, 5) is 2.80. The van der Waals surface area contributed by atoms with E-state index in [2.05, 4.69) is 24.1 Å². The van der Waals surface area contributed by atoms with Gasteiger partial charge in [0.1, 0.15) is 0 Å². The van der Waals surface area contributed by atoms with E-state index in [1.165, 1.54) is 58.2 Å². The number of hydrogen-bond donors (Lipinski definition) is 1. The largest absolute Gasteiger partial charge is 0.313 e. The molecule has 1 heterocycles. The van der Waals surface area contributed by atoms with Crippen LogP contribution in [0.2, 0.25) is 0 Å². The summed E-state index contributed by atoms with van der Waals surface area (Å²) in [5.41, 5.74) is 0.597. The molecule has 0 aromatic rings. The lowest BCUT2D eigenvalue weighted by Gasteiger charge is -2.50. The maximum absolute atomic E-state index is 3.66. The summed E-state index contributed by atoms with van der Waals surface area (Å²) in [6.07, 6.45) is 8.30. The zero-order valence-corrected chi connectivity index (χ0v) is 10.4. The van der Waals surface area contributed by atoms with Crippen LogP contribution in [0.15, 0.2) is 0 Å². The van der Waals surface area contributed by atoms with Gasteiger partial charge in [-0.05, 0) is 51.6 Å². The molecule has 2 nitrogen and oxygen atoms in total. The second-order valence-corrected chi connectivity index (χ2v) is 5.29. The lowest BCUT2D eigenvalue weighted by Crippen LogP contribution is -2.55. The van der Waals surface area contributed by atoms with Gasteiger partial charge in [0, 0.05) is 18.1 Å². The summed E-state index contributed by atoms with van der Waals surface area (Å²) < 4.78 is 0. The molecule has 1 unspecified atom stereocenters. The van der Waals surface area contributed by atoms with Gasteiger partial charge in [0.25, 0.3) is 0 Å². The Hall–Kier alpha value is -0.0800. The molecular weight excluding hydrogens is 184 g/mol. The molecule has 0 aromatic heterocycles. The lowest BCUT2D eigenvalue weighted by molar-refractivity contribution is 0.0110. The van der Waals surface area contributed by atoms with E-state index in [1.807, 2.05) is 0 Å². The number of nitrogens with one attached hydrogen (secondary N) is 1. The maximum Gasteiger partial charge on any atom is 0.0207 e. The normalized spacial score (nSPS) is 32.0. The Kier molecular flexibility index (Phi) is 3.68. The summed E-state index contributed by atoms with van der Waals surface area (Å²) in [7, 11) is 0. The standard InChI is InChI=1S/C13H26N2/c1-3-12-11-15(10-6-9-14-12)13(4-2)7-5-8-13/h12,14H,3-11H2,1-2H3. The highest BCUT2D eigenvalue weighted by molar-refractivity contribution is 4.98. The topological polar surface area (TPSA) is 15.3 Å². The Bertz CT molecular complexity index is 193. The first-order chi connectivity index (χ1) is 7.30. The Morgan fingerprint density at radius 2 is 2.07 bits per heavy atom. The fourth-order valence-corrected chi connectivity index (χ4v) is 3.18. The number of nitrogens with zero attached hydrogens (tertiary/aromatic N) is 1. The Balaban J connectivity index is 1.99. The molecule has 2 aliphatic rings. The van der Waals surface area contributed by atoms with Crippen molar-refractivity contribution in [2.24, 2.45) is 0 Å². The predicted molar refractivity (Wildman–Crippen MR) is 65.1 cm³/mol. The minimum absolute atomic E-state index is 0.597. The van der Waals surface area contributed by atoms with Gasteiger partial charge in [-0.25, -0.2) is 0 Å². The molecule has 0 bridgehead atoms. The zero-order chi connectivity index (χ0) is 10.7. The predicted octanol–water partition coefficient (Wildman–Crippen LogP) is 2.39. The molecule has 1 aliphatic carbocycles. The second-order valence-electron chi connectivity index (χ2n) is 5.29. The summed E-state index contributed by atoms with van der Waals surface area (Å²) in [6, 6.07) is 0.733. The smallest absolute Gasteiger partial charge is 0.0207 e. The van der Waals surface area contributed by atoms with Crippen molar-refractivity contribution >= 4 is 0 Å². The summed E-state index contributed by atoms with van der Waals surface area (Å²) >= 11 is 0. The van der Waals surface area contributed by atoms with Gasteiger partial charge in [-0.1, -0.05) is 13.8 Å². The Morgan fingerprint density at radius 1 is 1.27 bits per heavy atom. The minimum Gasteiger partial charge on any atom is -0.313 e. The highest BCUT2D eigenvalue weighted by Gasteiger charge is 2.41. The lowest BCUT2D eigenvalue weighted by atomic mass is 9.73. The SMILES string of the molecule is CCC1CN(C2(CC)CCC2)CCCN1. The van der Waals surface area contributed by atoms with Crippen LogP contribution in [0.5, 0.6) is 0 Å². The highest BCUT2D eigenvalue weighted by atomic mass is 15.2. The first-order valence-corrected chi connectivity index (χ1v) is 6.79. The van der Waals surface area contributed by atoms with Gasteiger partial charge in [-0.2, -0.15) is 0 Å². The molecule has 1 aliphatic heterocycles. The van der Waals surface area contributed by atoms with Crippen LogP contribution < -0.4 is 5.32 Å².